The zero-order valence-electron chi connectivity index (χ0n) is 16.1. The van der Waals surface area contributed by atoms with Gasteiger partial charge in [0.1, 0.15) is 0 Å². The average molecular weight is 380 g/mol. The van der Waals surface area contributed by atoms with Crippen LogP contribution in [0.3, 0.4) is 0 Å². The van der Waals surface area contributed by atoms with Crippen molar-refractivity contribution in [3.8, 4) is 0 Å². The molecule has 0 unspecified atom stereocenters. The van der Waals surface area contributed by atoms with Gasteiger partial charge in [0.2, 0.25) is 5.91 Å². The van der Waals surface area contributed by atoms with Gasteiger partial charge in [-0.2, -0.15) is 0 Å². The number of hydrogen-bond donors (Lipinski definition) is 2. The Morgan fingerprint density at radius 1 is 1.04 bits per heavy atom. The Morgan fingerprint density at radius 3 is 2.54 bits per heavy atom. The van der Waals surface area contributed by atoms with Crippen LogP contribution < -0.4 is 10.6 Å². The number of para-hydroxylation sites is 1. The van der Waals surface area contributed by atoms with Gasteiger partial charge in [0.05, 0.1) is 0 Å². The van der Waals surface area contributed by atoms with Gasteiger partial charge in [0, 0.05) is 43.6 Å². The van der Waals surface area contributed by atoms with Crippen LogP contribution in [-0.2, 0) is 11.3 Å². The maximum Gasteiger partial charge on any atom is 0.317 e. The number of nitrogens with zero attached hydrogens (tertiary/aromatic N) is 2. The lowest BCUT2D eigenvalue weighted by atomic mass is 9.94. The topological polar surface area (TPSA) is 74.3 Å². The van der Waals surface area contributed by atoms with Crippen LogP contribution in [-0.4, -0.2) is 34.4 Å². The van der Waals surface area contributed by atoms with Gasteiger partial charge >= 0.3 is 6.03 Å². The van der Waals surface area contributed by atoms with Crippen molar-refractivity contribution in [1.82, 2.24) is 15.2 Å². The van der Waals surface area contributed by atoms with E-state index in [1.807, 2.05) is 47.4 Å². The molecule has 1 aliphatic rings. The number of pyridine rings is 1. The van der Waals surface area contributed by atoms with Gasteiger partial charge in [0.25, 0.3) is 0 Å². The fourth-order valence-corrected chi connectivity index (χ4v) is 3.58. The minimum absolute atomic E-state index is 0.108. The summed E-state index contributed by atoms with van der Waals surface area (Å²) in [5, 5.41) is 5.76. The van der Waals surface area contributed by atoms with Crippen LogP contribution in [0.25, 0.3) is 0 Å². The molecule has 6 nitrogen and oxygen atoms in total. The molecule has 1 aliphatic carbocycles. The van der Waals surface area contributed by atoms with Crippen molar-refractivity contribution in [2.75, 3.05) is 11.9 Å². The van der Waals surface area contributed by atoms with Crippen LogP contribution in [0.4, 0.5) is 10.5 Å². The highest BCUT2D eigenvalue weighted by Crippen LogP contribution is 2.24. The molecule has 6 heteroatoms. The van der Waals surface area contributed by atoms with Crippen LogP contribution >= 0.6 is 0 Å². The second-order valence-electron chi connectivity index (χ2n) is 7.18. The first kappa shape index (κ1) is 19.9. The van der Waals surface area contributed by atoms with Crippen molar-refractivity contribution in [2.45, 2.75) is 51.1 Å². The SMILES string of the molecule is O=C(CCNC(=O)N(Cc1cccnc1)C1CCCCC1)Nc1ccccc1. The Kier molecular flexibility index (Phi) is 7.41. The van der Waals surface area contributed by atoms with E-state index < -0.39 is 0 Å². The van der Waals surface area contributed by atoms with Gasteiger partial charge in [-0.15, -0.1) is 0 Å². The van der Waals surface area contributed by atoms with E-state index >= 15 is 0 Å². The van der Waals surface area contributed by atoms with Crippen LogP contribution in [0, 0.1) is 0 Å². The van der Waals surface area contributed by atoms with Gasteiger partial charge < -0.3 is 15.5 Å². The third-order valence-corrected chi connectivity index (χ3v) is 5.04. The Hall–Kier alpha value is -2.89. The van der Waals surface area contributed by atoms with Gasteiger partial charge in [0.15, 0.2) is 0 Å². The van der Waals surface area contributed by atoms with Crippen LogP contribution in [0.15, 0.2) is 54.9 Å². The van der Waals surface area contributed by atoms with Gasteiger partial charge in [-0.05, 0) is 36.6 Å². The van der Waals surface area contributed by atoms with Crippen molar-refractivity contribution < 1.29 is 9.59 Å². The fraction of sp³-hybridized carbons (Fsp3) is 0.409. The largest absolute Gasteiger partial charge is 0.337 e. The van der Waals surface area contributed by atoms with E-state index in [9.17, 15) is 9.59 Å². The molecule has 0 aliphatic heterocycles. The Bertz CT molecular complexity index is 746. The maximum atomic E-state index is 12.8. The second-order valence-corrected chi connectivity index (χ2v) is 7.18. The number of nitrogens with one attached hydrogen (secondary N) is 2. The molecule has 3 amide bonds. The first-order valence-electron chi connectivity index (χ1n) is 10.0. The molecule has 2 aromatic rings. The van der Waals surface area contributed by atoms with Crippen molar-refractivity contribution in [2.24, 2.45) is 0 Å². The normalized spacial score (nSPS) is 14.3. The summed E-state index contributed by atoms with van der Waals surface area (Å²) in [4.78, 5) is 31.0. The maximum absolute atomic E-state index is 12.8. The minimum Gasteiger partial charge on any atom is -0.337 e. The number of urea groups is 1. The first-order chi connectivity index (χ1) is 13.7. The number of carbonyl (C=O) groups is 2. The van der Waals surface area contributed by atoms with Crippen molar-refractivity contribution in [1.29, 1.82) is 0 Å². The Morgan fingerprint density at radius 2 is 1.82 bits per heavy atom. The molecule has 0 saturated heterocycles. The second kappa shape index (κ2) is 10.4. The Balaban J connectivity index is 1.52. The predicted molar refractivity (Wildman–Crippen MR) is 110 cm³/mol. The lowest BCUT2D eigenvalue weighted by Gasteiger charge is -2.34. The van der Waals surface area contributed by atoms with E-state index in [2.05, 4.69) is 15.6 Å². The Labute approximate surface area is 166 Å². The number of benzene rings is 1. The standard InChI is InChI=1S/C22H28N4O2/c27-21(25-19-9-3-1-4-10-19)13-15-24-22(28)26(20-11-5-2-6-12-20)17-18-8-7-14-23-16-18/h1,3-4,7-10,14,16,20H,2,5-6,11-13,15,17H2,(H,24,28)(H,25,27). The number of anilines is 1. The molecule has 0 radical (unpaired) electrons. The van der Waals surface area contributed by atoms with Gasteiger partial charge in [-0.25, -0.2) is 4.79 Å². The van der Waals surface area contributed by atoms with Gasteiger partial charge in [-0.3, -0.25) is 9.78 Å². The summed E-state index contributed by atoms with van der Waals surface area (Å²) in [7, 11) is 0. The third kappa shape index (κ3) is 6.08. The smallest absolute Gasteiger partial charge is 0.317 e. The van der Waals surface area contributed by atoms with E-state index in [1.54, 1.807) is 12.4 Å². The summed E-state index contributed by atoms with van der Waals surface area (Å²) in [6, 6.07) is 13.3. The summed E-state index contributed by atoms with van der Waals surface area (Å²) >= 11 is 0. The molecule has 0 bridgehead atoms. The van der Waals surface area contributed by atoms with E-state index in [4.69, 9.17) is 0 Å². The number of hydrogen-bond acceptors (Lipinski definition) is 3. The van der Waals surface area contributed by atoms with E-state index in [-0.39, 0.29) is 24.4 Å². The van der Waals surface area contributed by atoms with Crippen LogP contribution in [0.2, 0.25) is 0 Å². The molecule has 3 rings (SSSR count). The quantitative estimate of drug-likeness (QED) is 0.764. The molecular formula is C22H28N4O2. The zero-order valence-corrected chi connectivity index (χ0v) is 16.1. The number of aromatic nitrogens is 1. The summed E-state index contributed by atoms with van der Waals surface area (Å²) in [5.41, 5.74) is 1.78. The molecule has 1 heterocycles. The first-order valence-corrected chi connectivity index (χ1v) is 10.0. The lowest BCUT2D eigenvalue weighted by molar-refractivity contribution is -0.116. The fourth-order valence-electron chi connectivity index (χ4n) is 3.58. The summed E-state index contributed by atoms with van der Waals surface area (Å²) in [5.74, 6) is -0.108. The highest BCUT2D eigenvalue weighted by molar-refractivity contribution is 5.91. The van der Waals surface area contributed by atoms with Crippen molar-refractivity contribution in [3.05, 3.63) is 60.4 Å². The summed E-state index contributed by atoms with van der Waals surface area (Å²) in [6.07, 6.45) is 9.38. The van der Waals surface area contributed by atoms with Crippen molar-refractivity contribution in [3.63, 3.8) is 0 Å². The molecule has 2 N–H and O–H groups in total. The average Bonchev–Trinajstić information content (AvgIpc) is 2.74. The summed E-state index contributed by atoms with van der Waals surface area (Å²) in [6.45, 7) is 0.855. The number of rotatable bonds is 7. The van der Waals surface area contributed by atoms with E-state index in [1.165, 1.54) is 6.42 Å². The lowest BCUT2D eigenvalue weighted by Crippen LogP contribution is -2.47. The third-order valence-electron chi connectivity index (χ3n) is 5.04. The van der Waals surface area contributed by atoms with Gasteiger partial charge in [-0.1, -0.05) is 43.5 Å². The van der Waals surface area contributed by atoms with Crippen LogP contribution in [0.5, 0.6) is 0 Å². The zero-order chi connectivity index (χ0) is 19.6. The van der Waals surface area contributed by atoms with E-state index in [0.29, 0.717) is 13.1 Å². The molecule has 0 spiro atoms. The molecule has 0 atom stereocenters. The summed E-state index contributed by atoms with van der Waals surface area (Å²) < 4.78 is 0. The van der Waals surface area contributed by atoms with E-state index in [0.717, 1.165) is 36.9 Å². The molecular weight excluding hydrogens is 352 g/mol. The molecule has 1 aromatic carbocycles. The monoisotopic (exact) mass is 380 g/mol. The molecule has 148 valence electrons. The molecule has 1 aromatic heterocycles. The van der Waals surface area contributed by atoms with Crippen LogP contribution in [0.1, 0.15) is 44.1 Å². The number of amides is 3. The number of carbonyl (C=O) groups excluding carboxylic acids is 2. The molecule has 1 fully saturated rings. The molecule has 1 saturated carbocycles. The highest BCUT2D eigenvalue weighted by Gasteiger charge is 2.25. The predicted octanol–water partition coefficient (Wildman–Crippen LogP) is 3.95. The minimum atomic E-state index is -0.108. The van der Waals surface area contributed by atoms with Crippen molar-refractivity contribution >= 4 is 17.6 Å². The highest BCUT2D eigenvalue weighted by atomic mass is 16.2. The molecule has 28 heavy (non-hydrogen) atoms.